The summed E-state index contributed by atoms with van der Waals surface area (Å²) in [5.74, 6) is -0.434. The van der Waals surface area contributed by atoms with E-state index in [-0.39, 0.29) is 17.3 Å². The number of nitro benzene ring substituents is 1. The molecule has 0 atom stereocenters. The van der Waals surface area contributed by atoms with Gasteiger partial charge in [-0.3, -0.25) is 14.9 Å². The Balaban J connectivity index is 1.87. The second kappa shape index (κ2) is 7.21. The Labute approximate surface area is 156 Å². The summed E-state index contributed by atoms with van der Waals surface area (Å²) in [6.45, 7) is 0. The summed E-state index contributed by atoms with van der Waals surface area (Å²) in [5.41, 5.74) is 1.86. The molecule has 2 aromatic rings. The number of halogens is 1. The van der Waals surface area contributed by atoms with Gasteiger partial charge >= 0.3 is 0 Å². The van der Waals surface area contributed by atoms with Crippen molar-refractivity contribution in [2.75, 3.05) is 29.6 Å². The van der Waals surface area contributed by atoms with E-state index in [1.54, 1.807) is 30.3 Å². The third-order valence-electron chi connectivity index (χ3n) is 4.08. The molecule has 2 N–H and O–H groups in total. The number of rotatable bonds is 6. The van der Waals surface area contributed by atoms with E-state index in [0.29, 0.717) is 16.4 Å². The molecule has 8 heteroatoms. The third kappa shape index (κ3) is 4.05. The van der Waals surface area contributed by atoms with E-state index in [1.165, 1.54) is 6.07 Å². The number of nitro groups is 1. The van der Waals surface area contributed by atoms with E-state index in [2.05, 4.69) is 10.6 Å². The lowest BCUT2D eigenvalue weighted by atomic mass is 10.1. The monoisotopic (exact) mass is 374 g/mol. The van der Waals surface area contributed by atoms with Gasteiger partial charge in [0.2, 0.25) is 0 Å². The SMILES string of the molecule is CN(C)c1ccc(Cl)cc1NC(=O)c1ccc(NC2CC2)c([N+](=O)[O-])c1. The van der Waals surface area contributed by atoms with Gasteiger partial charge in [-0.25, -0.2) is 0 Å². The van der Waals surface area contributed by atoms with Crippen LogP contribution in [0.5, 0.6) is 0 Å². The molecule has 0 spiro atoms. The molecular formula is C18H19ClN4O3. The van der Waals surface area contributed by atoms with Gasteiger partial charge in [0.05, 0.1) is 16.3 Å². The number of nitrogens with one attached hydrogen (secondary N) is 2. The van der Waals surface area contributed by atoms with Gasteiger partial charge in [0.15, 0.2) is 0 Å². The number of anilines is 3. The smallest absolute Gasteiger partial charge is 0.293 e. The van der Waals surface area contributed by atoms with Crippen molar-refractivity contribution in [3.8, 4) is 0 Å². The fourth-order valence-corrected chi connectivity index (χ4v) is 2.76. The molecule has 3 rings (SSSR count). The summed E-state index contributed by atoms with van der Waals surface area (Å²) in [4.78, 5) is 25.3. The Kier molecular flexibility index (Phi) is 4.99. The molecule has 1 fully saturated rings. The van der Waals surface area contributed by atoms with Crippen LogP contribution in [0.3, 0.4) is 0 Å². The lowest BCUT2D eigenvalue weighted by Crippen LogP contribution is -2.17. The van der Waals surface area contributed by atoms with Gasteiger partial charge in [-0.2, -0.15) is 0 Å². The van der Waals surface area contributed by atoms with Crippen molar-refractivity contribution in [1.82, 2.24) is 0 Å². The van der Waals surface area contributed by atoms with E-state index >= 15 is 0 Å². The molecule has 0 unspecified atom stereocenters. The highest BCUT2D eigenvalue weighted by molar-refractivity contribution is 6.31. The van der Waals surface area contributed by atoms with Crippen molar-refractivity contribution >= 4 is 40.3 Å². The number of nitrogens with zero attached hydrogens (tertiary/aromatic N) is 2. The Morgan fingerprint density at radius 2 is 1.92 bits per heavy atom. The average molecular weight is 375 g/mol. The van der Waals surface area contributed by atoms with Crippen molar-refractivity contribution in [2.45, 2.75) is 18.9 Å². The zero-order chi connectivity index (χ0) is 18.8. The average Bonchev–Trinajstić information content (AvgIpc) is 3.38. The van der Waals surface area contributed by atoms with Gasteiger partial charge in [0, 0.05) is 36.8 Å². The summed E-state index contributed by atoms with van der Waals surface area (Å²) in [6.07, 6.45) is 2.00. The van der Waals surface area contributed by atoms with Crippen LogP contribution in [0.15, 0.2) is 36.4 Å². The molecule has 0 bridgehead atoms. The third-order valence-corrected chi connectivity index (χ3v) is 4.32. The molecular weight excluding hydrogens is 356 g/mol. The van der Waals surface area contributed by atoms with Crippen LogP contribution in [-0.4, -0.2) is 31.0 Å². The minimum absolute atomic E-state index is 0.108. The first-order valence-electron chi connectivity index (χ1n) is 8.18. The van der Waals surface area contributed by atoms with Crippen molar-refractivity contribution in [1.29, 1.82) is 0 Å². The molecule has 0 radical (unpaired) electrons. The Hall–Kier alpha value is -2.80. The van der Waals surface area contributed by atoms with Crippen molar-refractivity contribution in [2.24, 2.45) is 0 Å². The highest BCUT2D eigenvalue weighted by atomic mass is 35.5. The van der Waals surface area contributed by atoms with Crippen molar-refractivity contribution in [3.63, 3.8) is 0 Å². The number of carbonyl (C=O) groups is 1. The predicted octanol–water partition coefficient (Wildman–Crippen LogP) is 4.14. The normalized spacial score (nSPS) is 13.2. The topological polar surface area (TPSA) is 87.5 Å². The molecule has 136 valence electrons. The van der Waals surface area contributed by atoms with Gasteiger partial charge in [-0.1, -0.05) is 11.6 Å². The van der Waals surface area contributed by atoms with Crippen LogP contribution in [0, 0.1) is 10.1 Å². The van der Waals surface area contributed by atoms with Crippen LogP contribution in [0.2, 0.25) is 5.02 Å². The van der Waals surface area contributed by atoms with Crippen LogP contribution >= 0.6 is 11.6 Å². The molecule has 26 heavy (non-hydrogen) atoms. The van der Waals surface area contributed by atoms with Crippen LogP contribution < -0.4 is 15.5 Å². The minimum atomic E-state index is -0.480. The second-order valence-electron chi connectivity index (χ2n) is 6.42. The van der Waals surface area contributed by atoms with E-state index in [1.807, 2.05) is 19.0 Å². The first-order valence-corrected chi connectivity index (χ1v) is 8.56. The molecule has 2 aromatic carbocycles. The van der Waals surface area contributed by atoms with Crippen LogP contribution in [-0.2, 0) is 0 Å². The highest BCUT2D eigenvalue weighted by Gasteiger charge is 2.25. The Morgan fingerprint density at radius 1 is 1.19 bits per heavy atom. The minimum Gasteiger partial charge on any atom is -0.377 e. The van der Waals surface area contributed by atoms with Crippen molar-refractivity contribution < 1.29 is 9.72 Å². The summed E-state index contributed by atoms with van der Waals surface area (Å²) < 4.78 is 0. The largest absolute Gasteiger partial charge is 0.377 e. The molecule has 1 aliphatic carbocycles. The number of hydrogen-bond acceptors (Lipinski definition) is 5. The van der Waals surface area contributed by atoms with Crippen molar-refractivity contribution in [3.05, 3.63) is 57.1 Å². The first kappa shape index (κ1) is 18.0. The fraction of sp³-hybridized carbons (Fsp3) is 0.278. The predicted molar refractivity (Wildman–Crippen MR) is 103 cm³/mol. The van der Waals surface area contributed by atoms with Gasteiger partial charge in [-0.15, -0.1) is 0 Å². The molecule has 0 aromatic heterocycles. The second-order valence-corrected chi connectivity index (χ2v) is 6.85. The summed E-state index contributed by atoms with van der Waals surface area (Å²) in [5, 5.41) is 17.7. The Bertz CT molecular complexity index is 866. The van der Waals surface area contributed by atoms with Gasteiger partial charge in [0.25, 0.3) is 11.6 Å². The Morgan fingerprint density at radius 3 is 2.54 bits per heavy atom. The molecule has 1 aliphatic rings. The zero-order valence-corrected chi connectivity index (χ0v) is 15.2. The maximum absolute atomic E-state index is 12.6. The van der Waals surface area contributed by atoms with E-state index < -0.39 is 10.8 Å². The standard InChI is InChI=1S/C18H19ClN4O3/c1-22(2)16-8-4-12(19)10-15(16)21-18(24)11-3-7-14(20-13-5-6-13)17(9-11)23(25)26/h3-4,7-10,13,20H,5-6H2,1-2H3,(H,21,24). The molecule has 0 heterocycles. The van der Waals surface area contributed by atoms with Crippen LogP contribution in [0.25, 0.3) is 0 Å². The van der Waals surface area contributed by atoms with Crippen LogP contribution in [0.1, 0.15) is 23.2 Å². The van der Waals surface area contributed by atoms with Gasteiger partial charge in [0.1, 0.15) is 5.69 Å². The molecule has 7 nitrogen and oxygen atoms in total. The summed E-state index contributed by atoms with van der Waals surface area (Å²) >= 11 is 6.03. The van der Waals surface area contributed by atoms with E-state index in [4.69, 9.17) is 11.6 Å². The lowest BCUT2D eigenvalue weighted by Gasteiger charge is -2.18. The number of amides is 1. The van der Waals surface area contributed by atoms with E-state index in [0.717, 1.165) is 18.5 Å². The summed E-state index contributed by atoms with van der Waals surface area (Å²) in [7, 11) is 3.70. The van der Waals surface area contributed by atoms with Gasteiger partial charge in [-0.05, 0) is 43.2 Å². The molecule has 0 saturated heterocycles. The van der Waals surface area contributed by atoms with Gasteiger partial charge < -0.3 is 15.5 Å². The molecule has 0 aliphatic heterocycles. The maximum Gasteiger partial charge on any atom is 0.293 e. The zero-order valence-electron chi connectivity index (χ0n) is 14.5. The number of hydrogen-bond donors (Lipinski definition) is 2. The quantitative estimate of drug-likeness (QED) is 0.586. The molecule has 1 saturated carbocycles. The van der Waals surface area contributed by atoms with E-state index in [9.17, 15) is 14.9 Å². The number of carbonyl (C=O) groups excluding carboxylic acids is 1. The fourth-order valence-electron chi connectivity index (χ4n) is 2.59. The lowest BCUT2D eigenvalue weighted by molar-refractivity contribution is -0.384. The number of benzene rings is 2. The van der Waals surface area contributed by atoms with Crippen LogP contribution in [0.4, 0.5) is 22.7 Å². The first-order chi connectivity index (χ1) is 12.3. The summed E-state index contributed by atoms with van der Waals surface area (Å²) in [6, 6.07) is 9.90. The maximum atomic E-state index is 12.6. The highest BCUT2D eigenvalue weighted by Crippen LogP contribution is 2.32. The molecule has 1 amide bonds.